The molecule has 1 heteroatoms. The maximum Gasteiger partial charge on any atom is 0.0468 e. The second-order valence-electron chi connectivity index (χ2n) is 12.5. The minimum atomic E-state index is 1.02. The molecule has 1 aliphatic rings. The summed E-state index contributed by atoms with van der Waals surface area (Å²) in [6.45, 7) is 0. The van der Waals surface area contributed by atoms with Crippen molar-refractivity contribution in [3.63, 3.8) is 0 Å². The molecule has 8 rings (SSSR count). The van der Waals surface area contributed by atoms with E-state index in [-0.39, 0.29) is 0 Å². The molecule has 7 aromatic rings. The van der Waals surface area contributed by atoms with E-state index < -0.39 is 0 Å². The number of allylic oxidation sites excluding steroid dienone is 4. The van der Waals surface area contributed by atoms with E-state index in [0.29, 0.717) is 0 Å². The van der Waals surface area contributed by atoms with Crippen LogP contribution in [0.25, 0.3) is 50.1 Å². The molecule has 0 saturated carbocycles. The summed E-state index contributed by atoms with van der Waals surface area (Å²) in [5.41, 5.74) is 15.8. The standard InChI is InChI=1S/C48H37N/c1-5-14-36(15-6-1)39-24-28-44(29-25-39)49(45-30-26-40(27-31-45)37-16-7-2-8-17-37)46-32-33-47(48(35-46)41-20-11-4-12-21-41)43-23-13-22-42(34-43)38-18-9-3-10-19-38/h1-11,13-20,22-35H,12,21H2. The molecule has 0 aliphatic heterocycles. The van der Waals surface area contributed by atoms with Crippen LogP contribution in [-0.4, -0.2) is 0 Å². The average Bonchev–Trinajstić information content (AvgIpc) is 3.20. The third-order valence-electron chi connectivity index (χ3n) is 9.37. The second-order valence-corrected chi connectivity index (χ2v) is 12.5. The quantitative estimate of drug-likeness (QED) is 0.162. The molecule has 0 heterocycles. The number of rotatable bonds is 8. The first-order chi connectivity index (χ1) is 24.3. The normalized spacial score (nSPS) is 12.4. The lowest BCUT2D eigenvalue weighted by Gasteiger charge is -2.28. The second kappa shape index (κ2) is 13.9. The molecule has 234 valence electrons. The van der Waals surface area contributed by atoms with Gasteiger partial charge in [-0.2, -0.15) is 0 Å². The number of hydrogen-bond donors (Lipinski definition) is 0. The summed E-state index contributed by atoms with van der Waals surface area (Å²) >= 11 is 0. The van der Waals surface area contributed by atoms with Crippen molar-refractivity contribution in [2.24, 2.45) is 0 Å². The molecule has 0 aromatic heterocycles. The SMILES string of the molecule is C1=CCCC(c2cc(N(c3ccc(-c4ccccc4)cc3)c3ccc(-c4ccccc4)cc3)ccc2-c2cccc(-c3ccccc3)c2)=C1. The Kier molecular flexibility index (Phi) is 8.56. The van der Waals surface area contributed by atoms with Crippen LogP contribution in [-0.2, 0) is 0 Å². The molecule has 1 nitrogen and oxygen atoms in total. The number of nitrogens with zero attached hydrogens (tertiary/aromatic N) is 1. The summed E-state index contributed by atoms with van der Waals surface area (Å²) in [7, 11) is 0. The van der Waals surface area contributed by atoms with Crippen molar-refractivity contribution in [1.82, 2.24) is 0 Å². The van der Waals surface area contributed by atoms with E-state index >= 15 is 0 Å². The van der Waals surface area contributed by atoms with Gasteiger partial charge in [0.15, 0.2) is 0 Å². The highest BCUT2D eigenvalue weighted by Gasteiger charge is 2.18. The highest BCUT2D eigenvalue weighted by atomic mass is 15.1. The van der Waals surface area contributed by atoms with Gasteiger partial charge in [0.1, 0.15) is 0 Å². The molecule has 1 aliphatic carbocycles. The van der Waals surface area contributed by atoms with Crippen LogP contribution in [0.15, 0.2) is 200 Å². The largest absolute Gasteiger partial charge is 0.310 e. The highest BCUT2D eigenvalue weighted by molar-refractivity contribution is 5.89. The predicted octanol–water partition coefficient (Wildman–Crippen LogP) is 13.6. The van der Waals surface area contributed by atoms with Gasteiger partial charge >= 0.3 is 0 Å². The molecule has 0 N–H and O–H groups in total. The van der Waals surface area contributed by atoms with Crippen LogP contribution < -0.4 is 4.90 Å². The molecule has 0 bridgehead atoms. The van der Waals surface area contributed by atoms with Gasteiger partial charge in [-0.05, 0) is 111 Å². The van der Waals surface area contributed by atoms with Crippen LogP contribution in [0.4, 0.5) is 17.1 Å². The zero-order valence-corrected chi connectivity index (χ0v) is 27.4. The molecule has 0 amide bonds. The Labute approximate surface area is 289 Å². The van der Waals surface area contributed by atoms with Gasteiger partial charge in [-0.1, -0.05) is 158 Å². The minimum Gasteiger partial charge on any atom is -0.310 e. The third kappa shape index (κ3) is 6.52. The van der Waals surface area contributed by atoms with Crippen LogP contribution in [0.3, 0.4) is 0 Å². The van der Waals surface area contributed by atoms with E-state index in [0.717, 1.165) is 29.9 Å². The first-order valence-corrected chi connectivity index (χ1v) is 17.1. The van der Waals surface area contributed by atoms with E-state index in [1.54, 1.807) is 0 Å². The van der Waals surface area contributed by atoms with Gasteiger partial charge in [0.2, 0.25) is 0 Å². The van der Waals surface area contributed by atoms with Crippen molar-refractivity contribution in [2.75, 3.05) is 4.90 Å². The zero-order chi connectivity index (χ0) is 32.8. The molecular formula is C48H37N. The van der Waals surface area contributed by atoms with Crippen molar-refractivity contribution in [3.8, 4) is 44.5 Å². The first-order valence-electron chi connectivity index (χ1n) is 17.1. The molecule has 0 spiro atoms. The summed E-state index contributed by atoms with van der Waals surface area (Å²) < 4.78 is 0. The van der Waals surface area contributed by atoms with Crippen LogP contribution in [0.2, 0.25) is 0 Å². The Morgan fingerprint density at radius 2 is 0.816 bits per heavy atom. The molecule has 0 fully saturated rings. The first kappa shape index (κ1) is 30.2. The van der Waals surface area contributed by atoms with Crippen LogP contribution in [0.1, 0.15) is 18.4 Å². The van der Waals surface area contributed by atoms with Gasteiger partial charge in [0.05, 0.1) is 0 Å². The van der Waals surface area contributed by atoms with Crippen molar-refractivity contribution in [3.05, 3.63) is 206 Å². The Hall–Kier alpha value is -6.18. The Balaban J connectivity index is 1.25. The lowest BCUT2D eigenvalue weighted by atomic mass is 9.88. The summed E-state index contributed by atoms with van der Waals surface area (Å²) in [6.07, 6.45) is 8.82. The van der Waals surface area contributed by atoms with E-state index in [1.807, 2.05) is 0 Å². The van der Waals surface area contributed by atoms with Crippen LogP contribution in [0.5, 0.6) is 0 Å². The molecular weight excluding hydrogens is 591 g/mol. The monoisotopic (exact) mass is 627 g/mol. The number of anilines is 3. The van der Waals surface area contributed by atoms with Crippen LogP contribution >= 0.6 is 0 Å². The molecule has 0 radical (unpaired) electrons. The van der Waals surface area contributed by atoms with E-state index in [4.69, 9.17) is 0 Å². The lowest BCUT2D eigenvalue weighted by Crippen LogP contribution is -2.10. The zero-order valence-electron chi connectivity index (χ0n) is 27.4. The van der Waals surface area contributed by atoms with Gasteiger partial charge in [0, 0.05) is 17.1 Å². The summed E-state index contributed by atoms with van der Waals surface area (Å²) in [6, 6.07) is 65.7. The fourth-order valence-corrected chi connectivity index (χ4v) is 6.83. The van der Waals surface area contributed by atoms with E-state index in [9.17, 15) is 0 Å². The Bertz CT molecular complexity index is 2150. The Morgan fingerprint density at radius 1 is 0.347 bits per heavy atom. The predicted molar refractivity (Wildman–Crippen MR) is 209 cm³/mol. The van der Waals surface area contributed by atoms with Gasteiger partial charge in [0.25, 0.3) is 0 Å². The number of benzene rings is 7. The highest BCUT2D eigenvalue weighted by Crippen LogP contribution is 2.42. The van der Waals surface area contributed by atoms with Crippen LogP contribution in [0, 0.1) is 0 Å². The molecule has 0 saturated heterocycles. The van der Waals surface area contributed by atoms with Crippen molar-refractivity contribution in [1.29, 1.82) is 0 Å². The maximum absolute atomic E-state index is 2.39. The van der Waals surface area contributed by atoms with Gasteiger partial charge < -0.3 is 4.90 Å². The fourth-order valence-electron chi connectivity index (χ4n) is 6.83. The third-order valence-corrected chi connectivity index (χ3v) is 9.37. The molecule has 0 atom stereocenters. The summed E-state index contributed by atoms with van der Waals surface area (Å²) in [5, 5.41) is 0. The maximum atomic E-state index is 2.39. The number of hydrogen-bond acceptors (Lipinski definition) is 1. The summed E-state index contributed by atoms with van der Waals surface area (Å²) in [4.78, 5) is 2.39. The van der Waals surface area contributed by atoms with E-state index in [1.165, 1.54) is 55.6 Å². The van der Waals surface area contributed by atoms with Gasteiger partial charge in [-0.15, -0.1) is 0 Å². The fraction of sp³-hybridized carbons (Fsp3) is 0.0417. The van der Waals surface area contributed by atoms with Crippen molar-refractivity contribution < 1.29 is 0 Å². The minimum absolute atomic E-state index is 1.02. The molecule has 0 unspecified atom stereocenters. The van der Waals surface area contributed by atoms with Crippen molar-refractivity contribution >= 4 is 22.6 Å². The van der Waals surface area contributed by atoms with Gasteiger partial charge in [-0.25, -0.2) is 0 Å². The van der Waals surface area contributed by atoms with Gasteiger partial charge in [-0.3, -0.25) is 0 Å². The van der Waals surface area contributed by atoms with E-state index in [2.05, 4.69) is 205 Å². The smallest absolute Gasteiger partial charge is 0.0468 e. The van der Waals surface area contributed by atoms with Crippen molar-refractivity contribution in [2.45, 2.75) is 12.8 Å². The lowest BCUT2D eigenvalue weighted by molar-refractivity contribution is 1.05. The molecule has 7 aromatic carbocycles. The Morgan fingerprint density at radius 3 is 1.35 bits per heavy atom. The topological polar surface area (TPSA) is 3.24 Å². The summed E-state index contributed by atoms with van der Waals surface area (Å²) in [5.74, 6) is 0. The average molecular weight is 628 g/mol. The molecule has 49 heavy (non-hydrogen) atoms.